The molecule has 4 heteroatoms. The molecule has 2 unspecified atom stereocenters. The van der Waals surface area contributed by atoms with Crippen molar-refractivity contribution in [2.75, 3.05) is 13.1 Å². The summed E-state index contributed by atoms with van der Waals surface area (Å²) < 4.78 is 5.53. The number of nitrogens with zero attached hydrogens (tertiary/aromatic N) is 1. The summed E-state index contributed by atoms with van der Waals surface area (Å²) in [5, 5.41) is 3.64. The van der Waals surface area contributed by atoms with Crippen LogP contribution in [0.25, 0.3) is 0 Å². The molecule has 130 valence electrons. The van der Waals surface area contributed by atoms with Crippen molar-refractivity contribution in [3.63, 3.8) is 0 Å². The maximum absolute atomic E-state index is 12.3. The van der Waals surface area contributed by atoms with Crippen LogP contribution in [0, 0.1) is 5.92 Å². The van der Waals surface area contributed by atoms with Crippen LogP contribution in [-0.2, 0) is 4.74 Å². The molecule has 0 saturated carbocycles. The van der Waals surface area contributed by atoms with Crippen LogP contribution in [0.2, 0.25) is 0 Å². The van der Waals surface area contributed by atoms with Gasteiger partial charge in [0.25, 0.3) is 0 Å². The first-order valence-corrected chi connectivity index (χ1v) is 8.99. The molecule has 0 radical (unpaired) electrons. The fraction of sp³-hybridized carbons (Fsp3) is 0.944. The molecule has 1 saturated heterocycles. The van der Waals surface area contributed by atoms with E-state index in [4.69, 9.17) is 4.74 Å². The highest BCUT2D eigenvalue weighted by Gasteiger charge is 2.32. The molecule has 22 heavy (non-hydrogen) atoms. The third-order valence-corrected chi connectivity index (χ3v) is 4.54. The highest BCUT2D eigenvalue weighted by Crippen LogP contribution is 2.24. The van der Waals surface area contributed by atoms with Crippen molar-refractivity contribution in [3.8, 4) is 0 Å². The lowest BCUT2D eigenvalue weighted by Crippen LogP contribution is -2.43. The van der Waals surface area contributed by atoms with E-state index in [0.717, 1.165) is 38.3 Å². The second kappa shape index (κ2) is 8.76. The fourth-order valence-corrected chi connectivity index (χ4v) is 3.08. The standard InChI is InChI=1S/C18H36N2O2/c1-7-15(8-2)13-19-14(3)12-16-10-9-11-20(16)17(21)22-18(4,5)6/h14-16,19H,7-13H2,1-6H3. The Morgan fingerprint density at radius 3 is 2.50 bits per heavy atom. The highest BCUT2D eigenvalue weighted by molar-refractivity contribution is 5.68. The van der Waals surface area contributed by atoms with Crippen LogP contribution >= 0.6 is 0 Å². The zero-order valence-electron chi connectivity index (χ0n) is 15.4. The zero-order chi connectivity index (χ0) is 16.8. The number of carbonyl (C=O) groups is 1. The number of hydrogen-bond acceptors (Lipinski definition) is 3. The van der Waals surface area contributed by atoms with Gasteiger partial charge in [0.05, 0.1) is 0 Å². The van der Waals surface area contributed by atoms with Gasteiger partial charge in [0.15, 0.2) is 0 Å². The number of rotatable bonds is 7. The van der Waals surface area contributed by atoms with E-state index in [-0.39, 0.29) is 6.09 Å². The molecule has 1 rings (SSSR count). The normalized spacial score (nSPS) is 20.5. The van der Waals surface area contributed by atoms with Crippen LogP contribution in [0.3, 0.4) is 0 Å². The number of amides is 1. The molecular weight excluding hydrogens is 276 g/mol. The maximum Gasteiger partial charge on any atom is 0.410 e. The Hall–Kier alpha value is -0.770. The Balaban J connectivity index is 2.44. The predicted molar refractivity (Wildman–Crippen MR) is 92.1 cm³/mol. The summed E-state index contributed by atoms with van der Waals surface area (Å²) in [6, 6.07) is 0.757. The Morgan fingerprint density at radius 1 is 1.32 bits per heavy atom. The van der Waals surface area contributed by atoms with Gasteiger partial charge < -0.3 is 15.0 Å². The Labute approximate surface area is 137 Å². The summed E-state index contributed by atoms with van der Waals surface area (Å²) in [7, 11) is 0. The lowest BCUT2D eigenvalue weighted by Gasteiger charge is -2.30. The first-order chi connectivity index (χ1) is 10.3. The largest absolute Gasteiger partial charge is 0.444 e. The highest BCUT2D eigenvalue weighted by atomic mass is 16.6. The average Bonchev–Trinajstić information content (AvgIpc) is 2.86. The minimum Gasteiger partial charge on any atom is -0.444 e. The van der Waals surface area contributed by atoms with Crippen LogP contribution in [0.4, 0.5) is 4.79 Å². The third kappa shape index (κ3) is 6.55. The van der Waals surface area contributed by atoms with Gasteiger partial charge in [-0.05, 0) is 59.4 Å². The summed E-state index contributed by atoms with van der Waals surface area (Å²) in [5.74, 6) is 0.757. The minimum atomic E-state index is -0.413. The summed E-state index contributed by atoms with van der Waals surface area (Å²) in [6.45, 7) is 14.4. The van der Waals surface area contributed by atoms with Gasteiger partial charge in [0.1, 0.15) is 5.60 Å². The second-order valence-electron chi connectivity index (χ2n) is 7.70. The molecule has 1 amide bonds. The minimum absolute atomic E-state index is 0.151. The van der Waals surface area contributed by atoms with E-state index in [1.54, 1.807) is 0 Å². The maximum atomic E-state index is 12.3. The van der Waals surface area contributed by atoms with Crippen molar-refractivity contribution in [2.45, 2.75) is 91.3 Å². The van der Waals surface area contributed by atoms with E-state index in [0.29, 0.717) is 12.1 Å². The van der Waals surface area contributed by atoms with Crippen molar-refractivity contribution < 1.29 is 9.53 Å². The molecule has 0 spiro atoms. The topological polar surface area (TPSA) is 41.6 Å². The van der Waals surface area contributed by atoms with Crippen molar-refractivity contribution >= 4 is 6.09 Å². The van der Waals surface area contributed by atoms with Gasteiger partial charge in [0, 0.05) is 18.6 Å². The lowest BCUT2D eigenvalue weighted by molar-refractivity contribution is 0.0214. The fourth-order valence-electron chi connectivity index (χ4n) is 3.08. The van der Waals surface area contributed by atoms with Crippen molar-refractivity contribution in [3.05, 3.63) is 0 Å². The molecular formula is C18H36N2O2. The van der Waals surface area contributed by atoms with Crippen LogP contribution in [0.5, 0.6) is 0 Å². The molecule has 1 fully saturated rings. The van der Waals surface area contributed by atoms with E-state index >= 15 is 0 Å². The summed E-state index contributed by atoms with van der Waals surface area (Å²) >= 11 is 0. The van der Waals surface area contributed by atoms with Gasteiger partial charge in [-0.1, -0.05) is 26.7 Å². The molecule has 2 atom stereocenters. The molecule has 0 aromatic rings. The van der Waals surface area contributed by atoms with Crippen LogP contribution in [-0.4, -0.2) is 41.8 Å². The molecule has 1 N–H and O–H groups in total. The van der Waals surface area contributed by atoms with Crippen LogP contribution in [0.1, 0.15) is 73.6 Å². The first-order valence-electron chi connectivity index (χ1n) is 8.99. The molecule has 0 aliphatic carbocycles. The van der Waals surface area contributed by atoms with Crippen LogP contribution in [0.15, 0.2) is 0 Å². The number of nitrogens with one attached hydrogen (secondary N) is 1. The first kappa shape index (κ1) is 19.3. The van der Waals surface area contributed by atoms with E-state index in [2.05, 4.69) is 26.1 Å². The summed E-state index contributed by atoms with van der Waals surface area (Å²) in [6.07, 6.45) is 5.49. The monoisotopic (exact) mass is 312 g/mol. The smallest absolute Gasteiger partial charge is 0.410 e. The SMILES string of the molecule is CCC(CC)CNC(C)CC1CCCN1C(=O)OC(C)(C)C. The molecule has 0 aromatic carbocycles. The average molecular weight is 312 g/mol. The molecule has 1 heterocycles. The van der Waals surface area contributed by atoms with Gasteiger partial charge in [0.2, 0.25) is 0 Å². The predicted octanol–water partition coefficient (Wildman–Crippen LogP) is 4.19. The molecule has 4 nitrogen and oxygen atoms in total. The zero-order valence-corrected chi connectivity index (χ0v) is 15.4. The van der Waals surface area contributed by atoms with E-state index in [1.165, 1.54) is 12.8 Å². The van der Waals surface area contributed by atoms with Gasteiger partial charge >= 0.3 is 6.09 Å². The molecule has 1 aliphatic heterocycles. The summed E-state index contributed by atoms with van der Waals surface area (Å²) in [5.41, 5.74) is -0.413. The second-order valence-corrected chi connectivity index (χ2v) is 7.70. The van der Waals surface area contributed by atoms with Gasteiger partial charge in [-0.3, -0.25) is 0 Å². The number of carbonyl (C=O) groups excluding carboxylic acids is 1. The summed E-state index contributed by atoms with van der Waals surface area (Å²) in [4.78, 5) is 14.2. The van der Waals surface area contributed by atoms with Gasteiger partial charge in [-0.2, -0.15) is 0 Å². The van der Waals surface area contributed by atoms with E-state index in [9.17, 15) is 4.79 Å². The molecule has 0 bridgehead atoms. The van der Waals surface area contributed by atoms with Gasteiger partial charge in [-0.15, -0.1) is 0 Å². The Morgan fingerprint density at radius 2 is 1.95 bits per heavy atom. The molecule has 1 aliphatic rings. The van der Waals surface area contributed by atoms with Crippen LogP contribution < -0.4 is 5.32 Å². The van der Waals surface area contributed by atoms with E-state index in [1.807, 2.05) is 25.7 Å². The van der Waals surface area contributed by atoms with Crippen molar-refractivity contribution in [1.29, 1.82) is 0 Å². The van der Waals surface area contributed by atoms with Crippen molar-refractivity contribution in [2.24, 2.45) is 5.92 Å². The van der Waals surface area contributed by atoms with E-state index < -0.39 is 5.60 Å². The third-order valence-electron chi connectivity index (χ3n) is 4.54. The lowest BCUT2D eigenvalue weighted by atomic mass is 10.0. The van der Waals surface area contributed by atoms with Gasteiger partial charge in [-0.25, -0.2) is 4.79 Å². The quantitative estimate of drug-likeness (QED) is 0.766. The molecule has 0 aromatic heterocycles. The number of hydrogen-bond donors (Lipinski definition) is 1. The number of likely N-dealkylation sites (tertiary alicyclic amines) is 1. The number of ether oxygens (including phenoxy) is 1. The van der Waals surface area contributed by atoms with Crippen molar-refractivity contribution in [1.82, 2.24) is 10.2 Å². The Bertz CT molecular complexity index is 334. The Kier molecular flexibility index (Phi) is 7.67.